The highest BCUT2D eigenvalue weighted by atomic mass is 79.9. The van der Waals surface area contributed by atoms with E-state index < -0.39 is 0 Å². The number of alkyl halides is 1. The average molecular weight is 287 g/mol. The smallest absolute Gasteiger partial charge is 0.0459 e. The molecule has 15 heavy (non-hydrogen) atoms. The first kappa shape index (κ1) is 11.7. The molecule has 1 atom stereocenters. The van der Waals surface area contributed by atoms with Gasteiger partial charge in [-0.05, 0) is 43.7 Å². The molecule has 1 fully saturated rings. The first-order valence-electron chi connectivity index (χ1n) is 5.74. The Labute approximate surface area is 105 Å². The SMILES string of the molecule is Cc1cc(C(Br)C2(C)CCCC2)c(C)s1. The van der Waals surface area contributed by atoms with Gasteiger partial charge in [0.05, 0.1) is 0 Å². The van der Waals surface area contributed by atoms with E-state index in [9.17, 15) is 0 Å². The number of halogens is 1. The lowest BCUT2D eigenvalue weighted by Crippen LogP contribution is -2.17. The third kappa shape index (κ3) is 2.16. The summed E-state index contributed by atoms with van der Waals surface area (Å²) in [6.45, 7) is 6.89. The highest BCUT2D eigenvalue weighted by Crippen LogP contribution is 2.52. The fraction of sp³-hybridized carbons (Fsp3) is 0.692. The molecule has 0 nitrogen and oxygen atoms in total. The Bertz CT molecular complexity index is 347. The summed E-state index contributed by atoms with van der Waals surface area (Å²) >= 11 is 5.86. The third-order valence-corrected chi connectivity index (χ3v) is 6.29. The molecular weight excluding hydrogens is 268 g/mol. The van der Waals surface area contributed by atoms with Gasteiger partial charge in [-0.1, -0.05) is 35.7 Å². The molecular formula is C13H19BrS. The first-order chi connectivity index (χ1) is 7.03. The normalized spacial score (nSPS) is 21.9. The van der Waals surface area contributed by atoms with Gasteiger partial charge in [-0.15, -0.1) is 11.3 Å². The molecule has 0 bridgehead atoms. The van der Waals surface area contributed by atoms with Gasteiger partial charge < -0.3 is 0 Å². The van der Waals surface area contributed by atoms with Gasteiger partial charge in [-0.25, -0.2) is 0 Å². The maximum atomic E-state index is 3.94. The van der Waals surface area contributed by atoms with Crippen molar-refractivity contribution in [2.75, 3.05) is 0 Å². The molecule has 0 spiro atoms. The monoisotopic (exact) mass is 286 g/mol. The zero-order chi connectivity index (χ0) is 11.1. The van der Waals surface area contributed by atoms with E-state index in [1.807, 2.05) is 11.3 Å². The van der Waals surface area contributed by atoms with Crippen molar-refractivity contribution >= 4 is 27.3 Å². The second-order valence-electron chi connectivity index (χ2n) is 5.09. The fourth-order valence-electron chi connectivity index (χ4n) is 2.71. The molecule has 2 rings (SSSR count). The predicted octanol–water partition coefficient (Wildman–Crippen LogP) is 5.38. The molecule has 0 radical (unpaired) electrons. The van der Waals surface area contributed by atoms with Crippen LogP contribution in [0.5, 0.6) is 0 Å². The minimum atomic E-state index is 0.484. The molecule has 84 valence electrons. The van der Waals surface area contributed by atoms with E-state index >= 15 is 0 Å². The summed E-state index contributed by atoms with van der Waals surface area (Å²) in [7, 11) is 0. The zero-order valence-electron chi connectivity index (χ0n) is 9.77. The molecule has 1 saturated carbocycles. The van der Waals surface area contributed by atoms with Crippen molar-refractivity contribution in [2.24, 2.45) is 5.41 Å². The second-order valence-corrected chi connectivity index (χ2v) is 7.47. The maximum absolute atomic E-state index is 3.94. The molecule has 0 aliphatic heterocycles. The Morgan fingerprint density at radius 2 is 1.93 bits per heavy atom. The predicted molar refractivity (Wildman–Crippen MR) is 72.0 cm³/mol. The molecule has 1 aromatic rings. The van der Waals surface area contributed by atoms with Crippen molar-refractivity contribution in [3.63, 3.8) is 0 Å². The summed E-state index contributed by atoms with van der Waals surface area (Å²) in [6.07, 6.45) is 5.55. The maximum Gasteiger partial charge on any atom is 0.0459 e. The average Bonchev–Trinajstić information content (AvgIpc) is 2.73. The lowest BCUT2D eigenvalue weighted by atomic mass is 9.82. The Morgan fingerprint density at radius 3 is 2.40 bits per heavy atom. The molecule has 1 heterocycles. The third-order valence-electron chi connectivity index (χ3n) is 3.71. The Balaban J connectivity index is 2.27. The summed E-state index contributed by atoms with van der Waals surface area (Å²) in [5.74, 6) is 0. The molecule has 0 aromatic carbocycles. The van der Waals surface area contributed by atoms with Gasteiger partial charge in [0.15, 0.2) is 0 Å². The van der Waals surface area contributed by atoms with Crippen LogP contribution in [-0.2, 0) is 0 Å². The molecule has 0 saturated heterocycles. The van der Waals surface area contributed by atoms with Crippen molar-refractivity contribution in [3.8, 4) is 0 Å². The van der Waals surface area contributed by atoms with Gasteiger partial charge in [0.1, 0.15) is 0 Å². The molecule has 1 aliphatic carbocycles. The van der Waals surface area contributed by atoms with Crippen LogP contribution in [-0.4, -0.2) is 0 Å². The first-order valence-corrected chi connectivity index (χ1v) is 7.47. The number of hydrogen-bond acceptors (Lipinski definition) is 1. The zero-order valence-corrected chi connectivity index (χ0v) is 12.2. The van der Waals surface area contributed by atoms with Crippen LogP contribution in [0.15, 0.2) is 6.07 Å². The van der Waals surface area contributed by atoms with E-state index in [-0.39, 0.29) is 0 Å². The number of aryl methyl sites for hydroxylation is 2. The molecule has 0 amide bonds. The van der Waals surface area contributed by atoms with Crippen LogP contribution in [0, 0.1) is 19.3 Å². The molecule has 1 aliphatic rings. The van der Waals surface area contributed by atoms with E-state index in [0.717, 1.165) is 0 Å². The van der Waals surface area contributed by atoms with Crippen LogP contribution >= 0.6 is 27.3 Å². The van der Waals surface area contributed by atoms with Crippen molar-refractivity contribution in [2.45, 2.75) is 51.3 Å². The van der Waals surface area contributed by atoms with E-state index in [2.05, 4.69) is 42.8 Å². The second kappa shape index (κ2) is 4.21. The fourth-order valence-corrected chi connectivity index (χ4v) is 4.76. The standard InChI is InChI=1S/C13H19BrS/c1-9-8-11(10(2)15-9)12(14)13(3)6-4-5-7-13/h8,12H,4-7H2,1-3H3. The highest BCUT2D eigenvalue weighted by Gasteiger charge is 2.37. The van der Waals surface area contributed by atoms with Gasteiger partial charge in [0.2, 0.25) is 0 Å². The van der Waals surface area contributed by atoms with Gasteiger partial charge in [0, 0.05) is 14.6 Å². The van der Waals surface area contributed by atoms with Gasteiger partial charge >= 0.3 is 0 Å². The minimum Gasteiger partial charge on any atom is -0.146 e. The van der Waals surface area contributed by atoms with E-state index in [0.29, 0.717) is 10.2 Å². The lowest BCUT2D eigenvalue weighted by Gasteiger charge is -2.30. The summed E-state index contributed by atoms with van der Waals surface area (Å²) in [4.78, 5) is 3.48. The van der Waals surface area contributed by atoms with Crippen LogP contribution in [0.3, 0.4) is 0 Å². The quantitative estimate of drug-likeness (QED) is 0.640. The summed E-state index contributed by atoms with van der Waals surface area (Å²) in [5, 5.41) is 0. The van der Waals surface area contributed by atoms with Crippen molar-refractivity contribution in [1.82, 2.24) is 0 Å². The Hall–Kier alpha value is 0.180. The largest absolute Gasteiger partial charge is 0.146 e. The minimum absolute atomic E-state index is 0.484. The van der Waals surface area contributed by atoms with Crippen LogP contribution in [0.2, 0.25) is 0 Å². The van der Waals surface area contributed by atoms with Gasteiger partial charge in [-0.2, -0.15) is 0 Å². The summed E-state index contributed by atoms with van der Waals surface area (Å²) in [5.41, 5.74) is 2.01. The van der Waals surface area contributed by atoms with Crippen molar-refractivity contribution < 1.29 is 0 Å². The molecule has 2 heteroatoms. The topological polar surface area (TPSA) is 0 Å². The van der Waals surface area contributed by atoms with Gasteiger partial charge in [0.25, 0.3) is 0 Å². The van der Waals surface area contributed by atoms with Crippen molar-refractivity contribution in [1.29, 1.82) is 0 Å². The molecule has 1 unspecified atom stereocenters. The van der Waals surface area contributed by atoms with E-state index in [1.165, 1.54) is 41.0 Å². The Kier molecular flexibility index (Phi) is 3.27. The van der Waals surface area contributed by atoms with Crippen LogP contribution in [0.1, 0.15) is 52.8 Å². The highest BCUT2D eigenvalue weighted by molar-refractivity contribution is 9.09. The number of rotatable bonds is 2. The molecule has 1 aromatic heterocycles. The van der Waals surface area contributed by atoms with E-state index in [4.69, 9.17) is 0 Å². The van der Waals surface area contributed by atoms with Gasteiger partial charge in [-0.3, -0.25) is 0 Å². The van der Waals surface area contributed by atoms with Crippen LogP contribution in [0.25, 0.3) is 0 Å². The van der Waals surface area contributed by atoms with Crippen LogP contribution < -0.4 is 0 Å². The summed E-state index contributed by atoms with van der Waals surface area (Å²) < 4.78 is 0. The Morgan fingerprint density at radius 1 is 1.33 bits per heavy atom. The van der Waals surface area contributed by atoms with E-state index in [1.54, 1.807) is 0 Å². The summed E-state index contributed by atoms with van der Waals surface area (Å²) in [6, 6.07) is 2.36. The van der Waals surface area contributed by atoms with Crippen molar-refractivity contribution in [3.05, 3.63) is 21.4 Å². The van der Waals surface area contributed by atoms with Crippen LogP contribution in [0.4, 0.5) is 0 Å². The number of hydrogen-bond donors (Lipinski definition) is 0. The number of thiophene rings is 1. The lowest BCUT2D eigenvalue weighted by molar-refractivity contribution is 0.331. The molecule has 0 N–H and O–H groups in total.